The van der Waals surface area contributed by atoms with Crippen LogP contribution in [0, 0.1) is 5.92 Å². The van der Waals surface area contributed by atoms with E-state index in [2.05, 4.69) is 59.7 Å². The van der Waals surface area contributed by atoms with E-state index >= 15 is 0 Å². The van der Waals surface area contributed by atoms with Crippen LogP contribution >= 0.6 is 11.3 Å². The van der Waals surface area contributed by atoms with E-state index < -0.39 is 0 Å². The summed E-state index contributed by atoms with van der Waals surface area (Å²) < 4.78 is 0. The molecular weight excluding hydrogens is 354 g/mol. The lowest BCUT2D eigenvalue weighted by atomic mass is 9.99. The predicted octanol–water partition coefficient (Wildman–Crippen LogP) is 3.14. The molecule has 140 valence electrons. The molecule has 0 radical (unpaired) electrons. The summed E-state index contributed by atoms with van der Waals surface area (Å²) in [6.07, 6.45) is 5.16. The van der Waals surface area contributed by atoms with Gasteiger partial charge in [-0.05, 0) is 35.1 Å². The number of nitrogens with zero attached hydrogens (tertiary/aromatic N) is 1. The Bertz CT molecular complexity index is 923. The largest absolute Gasteiger partial charge is 0.327 e. The number of aromatic nitrogens is 1. The van der Waals surface area contributed by atoms with E-state index in [1.165, 1.54) is 39.0 Å². The summed E-state index contributed by atoms with van der Waals surface area (Å²) in [5, 5.41) is 6.24. The molecule has 0 spiro atoms. The molecule has 1 aliphatic rings. The Morgan fingerprint density at radius 2 is 1.96 bits per heavy atom. The fourth-order valence-corrected chi connectivity index (χ4v) is 4.67. The zero-order chi connectivity index (χ0) is 18.6. The topological polar surface area (TPSA) is 46.4 Å². The van der Waals surface area contributed by atoms with Crippen LogP contribution in [0.1, 0.15) is 30.2 Å². The third-order valence-corrected chi connectivity index (χ3v) is 6.35. The number of anilines is 1. The van der Waals surface area contributed by atoms with Crippen LogP contribution in [0.2, 0.25) is 0 Å². The average Bonchev–Trinajstić information content (AvgIpc) is 3.10. The number of amides is 1. The minimum Gasteiger partial charge on any atom is -0.327 e. The molecule has 27 heavy (non-hydrogen) atoms. The number of quaternary nitrogens is 1. The molecule has 5 heteroatoms. The summed E-state index contributed by atoms with van der Waals surface area (Å²) in [5.74, 6) is 0.873. The Hall–Kier alpha value is -2.24. The van der Waals surface area contributed by atoms with Gasteiger partial charge in [-0.1, -0.05) is 49.4 Å². The number of likely N-dealkylation sites (tertiary alicyclic amines) is 1. The van der Waals surface area contributed by atoms with Crippen molar-refractivity contribution in [2.45, 2.75) is 26.2 Å². The highest BCUT2D eigenvalue weighted by molar-refractivity contribution is 7.15. The average molecular weight is 381 g/mol. The van der Waals surface area contributed by atoms with Gasteiger partial charge in [0.05, 0.1) is 13.1 Å². The van der Waals surface area contributed by atoms with Crippen molar-refractivity contribution in [3.05, 3.63) is 59.1 Å². The first-order chi connectivity index (χ1) is 13.2. The summed E-state index contributed by atoms with van der Waals surface area (Å²) in [5.41, 5.74) is 1.29. The summed E-state index contributed by atoms with van der Waals surface area (Å²) >= 11 is 1.57. The lowest BCUT2D eigenvalue weighted by molar-refractivity contribution is -0.897. The molecule has 0 aliphatic carbocycles. The van der Waals surface area contributed by atoms with E-state index in [1.54, 1.807) is 11.3 Å². The second-order valence-electron chi connectivity index (χ2n) is 7.60. The van der Waals surface area contributed by atoms with Crippen molar-refractivity contribution < 1.29 is 9.69 Å². The maximum atomic E-state index is 12.3. The van der Waals surface area contributed by atoms with Crippen molar-refractivity contribution in [3.63, 3.8) is 0 Å². The van der Waals surface area contributed by atoms with Crippen LogP contribution in [0.15, 0.2) is 48.7 Å². The van der Waals surface area contributed by atoms with Crippen molar-refractivity contribution >= 4 is 33.1 Å². The molecule has 0 bridgehead atoms. The van der Waals surface area contributed by atoms with Crippen molar-refractivity contribution in [1.29, 1.82) is 0 Å². The van der Waals surface area contributed by atoms with Crippen molar-refractivity contribution in [2.75, 3.05) is 25.0 Å². The Balaban J connectivity index is 1.37. The number of hydrogen-bond donors (Lipinski definition) is 2. The van der Waals surface area contributed by atoms with Crippen molar-refractivity contribution in [1.82, 2.24) is 4.98 Å². The molecule has 1 fully saturated rings. The van der Waals surface area contributed by atoms with Crippen LogP contribution in [0.4, 0.5) is 5.13 Å². The number of carbonyl (C=O) groups excluding carboxylic acids is 1. The third-order valence-electron chi connectivity index (χ3n) is 5.44. The maximum Gasteiger partial charge on any atom is 0.281 e. The molecule has 0 saturated carbocycles. The zero-order valence-electron chi connectivity index (χ0n) is 15.7. The molecule has 4 nitrogen and oxygen atoms in total. The minimum atomic E-state index is 0.0746. The molecule has 1 amide bonds. The molecule has 1 aromatic heterocycles. The SMILES string of the molecule is CC1CC[NH+](CC(=O)Nc2ncc(Cc3cccc4ccccc34)s2)CC1. The van der Waals surface area contributed by atoms with Crippen molar-refractivity contribution in [2.24, 2.45) is 5.92 Å². The molecule has 0 atom stereocenters. The Morgan fingerprint density at radius 1 is 1.19 bits per heavy atom. The number of piperidine rings is 1. The first kappa shape index (κ1) is 18.1. The Morgan fingerprint density at radius 3 is 2.81 bits per heavy atom. The number of nitrogens with one attached hydrogen (secondary N) is 2. The lowest BCUT2D eigenvalue weighted by Crippen LogP contribution is -3.14. The fourth-order valence-electron chi connectivity index (χ4n) is 3.82. The first-order valence-corrected chi connectivity index (χ1v) is 10.5. The standard InChI is InChI=1S/C22H25N3OS/c1-16-9-11-25(12-10-16)15-21(26)24-22-23-14-19(27-22)13-18-7-4-6-17-5-2-3-8-20(17)18/h2-8,14,16H,9-13,15H2,1H3,(H,23,24,26)/p+1. The number of hydrogen-bond acceptors (Lipinski definition) is 3. The van der Waals surface area contributed by atoms with E-state index in [0.717, 1.165) is 25.4 Å². The van der Waals surface area contributed by atoms with Gasteiger partial charge in [0.1, 0.15) is 0 Å². The molecule has 1 saturated heterocycles. The first-order valence-electron chi connectivity index (χ1n) is 9.72. The summed E-state index contributed by atoms with van der Waals surface area (Å²) in [4.78, 5) is 19.3. The van der Waals surface area contributed by atoms with Gasteiger partial charge in [0.25, 0.3) is 5.91 Å². The van der Waals surface area contributed by atoms with Gasteiger partial charge in [-0.3, -0.25) is 10.1 Å². The number of rotatable bonds is 5. The molecule has 4 rings (SSSR count). The third kappa shape index (κ3) is 4.54. The van der Waals surface area contributed by atoms with Crippen molar-refractivity contribution in [3.8, 4) is 0 Å². The molecule has 2 heterocycles. The Labute approximate surface area is 164 Å². The van der Waals surface area contributed by atoms with E-state index in [0.29, 0.717) is 11.7 Å². The minimum absolute atomic E-state index is 0.0746. The predicted molar refractivity (Wildman–Crippen MR) is 111 cm³/mol. The number of carbonyl (C=O) groups is 1. The van der Waals surface area contributed by atoms with Crippen LogP contribution in [0.3, 0.4) is 0 Å². The Kier molecular flexibility index (Phi) is 5.50. The normalized spacial score (nSPS) is 19.9. The quantitative estimate of drug-likeness (QED) is 0.714. The van der Waals surface area contributed by atoms with Gasteiger partial charge < -0.3 is 4.90 Å². The highest BCUT2D eigenvalue weighted by atomic mass is 32.1. The smallest absolute Gasteiger partial charge is 0.281 e. The van der Waals surface area contributed by atoms with Crippen LogP contribution < -0.4 is 10.2 Å². The highest BCUT2D eigenvalue weighted by Crippen LogP contribution is 2.25. The fraction of sp³-hybridized carbons (Fsp3) is 0.364. The lowest BCUT2D eigenvalue weighted by Gasteiger charge is -2.26. The number of benzene rings is 2. The molecular formula is C22H26N3OS+. The van der Waals surface area contributed by atoms with Gasteiger partial charge in [0.2, 0.25) is 0 Å². The van der Waals surface area contributed by atoms with Gasteiger partial charge in [-0.25, -0.2) is 4.98 Å². The van der Waals surface area contributed by atoms with Gasteiger partial charge in [0.15, 0.2) is 11.7 Å². The van der Waals surface area contributed by atoms with Gasteiger partial charge >= 0.3 is 0 Å². The summed E-state index contributed by atoms with van der Waals surface area (Å²) in [7, 11) is 0. The number of fused-ring (bicyclic) bond motifs is 1. The summed E-state index contributed by atoms with van der Waals surface area (Å²) in [6.45, 7) is 5.03. The van der Waals surface area contributed by atoms with Crippen LogP contribution in [0.25, 0.3) is 10.8 Å². The molecule has 0 unspecified atom stereocenters. The number of thiazole rings is 1. The van der Waals surface area contributed by atoms with E-state index in [4.69, 9.17) is 0 Å². The molecule has 2 N–H and O–H groups in total. The zero-order valence-corrected chi connectivity index (χ0v) is 16.5. The monoisotopic (exact) mass is 380 g/mol. The highest BCUT2D eigenvalue weighted by Gasteiger charge is 2.21. The summed E-state index contributed by atoms with van der Waals surface area (Å²) in [6, 6.07) is 14.9. The van der Waals surface area contributed by atoms with E-state index in [1.807, 2.05) is 6.20 Å². The van der Waals surface area contributed by atoms with Crippen LogP contribution in [0.5, 0.6) is 0 Å². The van der Waals surface area contributed by atoms with E-state index in [9.17, 15) is 4.79 Å². The molecule has 3 aromatic rings. The van der Waals surface area contributed by atoms with Gasteiger partial charge in [-0.15, -0.1) is 11.3 Å². The molecule has 2 aromatic carbocycles. The van der Waals surface area contributed by atoms with Crippen LogP contribution in [-0.2, 0) is 11.2 Å². The second-order valence-corrected chi connectivity index (χ2v) is 8.72. The second kappa shape index (κ2) is 8.19. The maximum absolute atomic E-state index is 12.3. The van der Waals surface area contributed by atoms with E-state index in [-0.39, 0.29) is 5.91 Å². The van der Waals surface area contributed by atoms with Gasteiger partial charge in [-0.2, -0.15) is 0 Å². The van der Waals surface area contributed by atoms with Crippen LogP contribution in [-0.4, -0.2) is 30.5 Å². The van der Waals surface area contributed by atoms with Gasteiger partial charge in [0, 0.05) is 17.5 Å². The molecule has 1 aliphatic heterocycles.